The number of nitrogens with zero attached hydrogens (tertiary/aromatic N) is 1. The van der Waals surface area contributed by atoms with Gasteiger partial charge >= 0.3 is 0 Å². The summed E-state index contributed by atoms with van der Waals surface area (Å²) in [4.78, 5) is 7.76. The van der Waals surface area contributed by atoms with Gasteiger partial charge in [-0.25, -0.2) is 0 Å². The molecule has 1 N–H and O–H groups in total. The predicted molar refractivity (Wildman–Crippen MR) is 76.7 cm³/mol. The second-order valence-corrected chi connectivity index (χ2v) is 4.39. The van der Waals surface area contributed by atoms with E-state index in [4.69, 9.17) is 0 Å². The minimum absolute atomic E-state index is 0.986. The molecule has 1 aromatic heterocycles. The van der Waals surface area contributed by atoms with Crippen molar-refractivity contribution < 1.29 is 0 Å². The second kappa shape index (κ2) is 4.49. The lowest BCUT2D eigenvalue weighted by Gasteiger charge is -1.95. The molecule has 0 fully saturated rings. The Labute approximate surface area is 106 Å². The summed E-state index contributed by atoms with van der Waals surface area (Å²) in [6.45, 7) is 2.07. The molecular formula is C16H14N2. The largest absolute Gasteiger partial charge is 0.361 e. The number of H-pyrrole nitrogens is 1. The average Bonchev–Trinajstić information content (AvgIpc) is 2.80. The average molecular weight is 234 g/mol. The zero-order chi connectivity index (χ0) is 12.4. The molecule has 18 heavy (non-hydrogen) atoms. The van der Waals surface area contributed by atoms with Crippen LogP contribution in [0.25, 0.3) is 10.9 Å². The van der Waals surface area contributed by atoms with Gasteiger partial charge in [0, 0.05) is 28.9 Å². The molecule has 0 aliphatic heterocycles. The van der Waals surface area contributed by atoms with E-state index in [1.807, 2.05) is 36.7 Å². The number of nitrogens with one attached hydrogen (secondary N) is 1. The van der Waals surface area contributed by atoms with Crippen molar-refractivity contribution in [2.45, 2.75) is 6.92 Å². The van der Waals surface area contributed by atoms with E-state index in [1.165, 1.54) is 10.9 Å². The van der Waals surface area contributed by atoms with Crippen LogP contribution >= 0.6 is 0 Å². The number of benzene rings is 2. The van der Waals surface area contributed by atoms with Gasteiger partial charge in [0.15, 0.2) is 0 Å². The summed E-state index contributed by atoms with van der Waals surface area (Å²) in [6.07, 6.45) is 3.90. The number of aryl methyl sites for hydroxylation is 1. The number of fused-ring (bicyclic) bond motifs is 1. The van der Waals surface area contributed by atoms with Gasteiger partial charge in [0.25, 0.3) is 0 Å². The Bertz CT molecular complexity index is 708. The number of hydrogen-bond donors (Lipinski definition) is 1. The van der Waals surface area contributed by atoms with Crippen molar-refractivity contribution in [3.05, 3.63) is 65.9 Å². The molecule has 0 saturated carbocycles. The highest BCUT2D eigenvalue weighted by Gasteiger charge is 1.99. The van der Waals surface area contributed by atoms with Crippen LogP contribution in [0.5, 0.6) is 0 Å². The Balaban J connectivity index is 1.97. The molecule has 2 heteroatoms. The minimum Gasteiger partial charge on any atom is -0.361 e. The van der Waals surface area contributed by atoms with Crippen LogP contribution in [0.15, 0.2) is 59.7 Å². The van der Waals surface area contributed by atoms with Crippen LogP contribution in [0.4, 0.5) is 5.69 Å². The van der Waals surface area contributed by atoms with Crippen LogP contribution in [0, 0.1) is 6.92 Å². The van der Waals surface area contributed by atoms with Crippen molar-refractivity contribution >= 4 is 22.8 Å². The SMILES string of the molecule is Cc1cccc(N=Cc2c[nH]c3ccccc23)c1. The highest BCUT2D eigenvalue weighted by molar-refractivity contribution is 5.99. The lowest BCUT2D eigenvalue weighted by molar-refractivity contribution is 1.43. The zero-order valence-corrected chi connectivity index (χ0v) is 10.2. The third-order valence-electron chi connectivity index (χ3n) is 2.98. The van der Waals surface area contributed by atoms with Crippen molar-refractivity contribution in [1.29, 1.82) is 0 Å². The quantitative estimate of drug-likeness (QED) is 0.643. The first-order valence-corrected chi connectivity index (χ1v) is 6.00. The normalized spacial score (nSPS) is 11.4. The molecular weight excluding hydrogens is 220 g/mol. The summed E-state index contributed by atoms with van der Waals surface area (Å²) >= 11 is 0. The van der Waals surface area contributed by atoms with Crippen molar-refractivity contribution in [2.24, 2.45) is 4.99 Å². The van der Waals surface area contributed by atoms with E-state index in [9.17, 15) is 0 Å². The van der Waals surface area contributed by atoms with Gasteiger partial charge in [-0.05, 0) is 30.7 Å². The molecule has 88 valence electrons. The highest BCUT2D eigenvalue weighted by Crippen LogP contribution is 2.18. The minimum atomic E-state index is 0.986. The standard InChI is InChI=1S/C16H14N2/c1-12-5-4-6-14(9-12)17-10-13-11-18-16-8-3-2-7-15(13)16/h2-11,18H,1H3. The number of rotatable bonds is 2. The molecule has 0 aliphatic carbocycles. The fourth-order valence-corrected chi connectivity index (χ4v) is 2.05. The van der Waals surface area contributed by atoms with Crippen LogP contribution in [0.1, 0.15) is 11.1 Å². The Kier molecular flexibility index (Phi) is 2.69. The summed E-state index contributed by atoms with van der Waals surface area (Å²) in [7, 11) is 0. The van der Waals surface area contributed by atoms with Crippen LogP contribution in [-0.2, 0) is 0 Å². The summed E-state index contributed by atoms with van der Waals surface area (Å²) < 4.78 is 0. The van der Waals surface area contributed by atoms with Crippen molar-refractivity contribution in [3.63, 3.8) is 0 Å². The van der Waals surface area contributed by atoms with Crippen LogP contribution in [0.3, 0.4) is 0 Å². The predicted octanol–water partition coefficient (Wildman–Crippen LogP) is 4.23. The lowest BCUT2D eigenvalue weighted by Crippen LogP contribution is -1.77. The Morgan fingerprint density at radius 3 is 2.83 bits per heavy atom. The monoisotopic (exact) mass is 234 g/mol. The fourth-order valence-electron chi connectivity index (χ4n) is 2.05. The molecule has 0 spiro atoms. The van der Waals surface area contributed by atoms with Gasteiger partial charge in [0.2, 0.25) is 0 Å². The van der Waals surface area contributed by atoms with Crippen molar-refractivity contribution in [2.75, 3.05) is 0 Å². The maximum Gasteiger partial charge on any atom is 0.0632 e. The van der Waals surface area contributed by atoms with Crippen molar-refractivity contribution in [3.8, 4) is 0 Å². The fraction of sp³-hybridized carbons (Fsp3) is 0.0625. The van der Waals surface area contributed by atoms with Gasteiger partial charge < -0.3 is 4.98 Å². The summed E-state index contributed by atoms with van der Waals surface area (Å²) in [5.74, 6) is 0. The first kappa shape index (κ1) is 10.8. The molecule has 0 bridgehead atoms. The maximum atomic E-state index is 4.51. The Hall–Kier alpha value is -2.35. The molecule has 0 radical (unpaired) electrons. The van der Waals surface area contributed by atoms with E-state index >= 15 is 0 Å². The number of aliphatic imine (C=N–C) groups is 1. The van der Waals surface area contributed by atoms with Gasteiger partial charge in [-0.1, -0.05) is 30.3 Å². The third kappa shape index (κ3) is 2.05. The number of aromatic nitrogens is 1. The molecule has 2 nitrogen and oxygen atoms in total. The summed E-state index contributed by atoms with van der Waals surface area (Å²) in [5.41, 5.74) is 4.47. The summed E-state index contributed by atoms with van der Waals surface area (Å²) in [5, 5.41) is 1.20. The Morgan fingerprint density at radius 2 is 1.94 bits per heavy atom. The maximum absolute atomic E-state index is 4.51. The van der Waals surface area contributed by atoms with E-state index in [-0.39, 0.29) is 0 Å². The van der Waals surface area contributed by atoms with E-state index in [1.54, 1.807) is 0 Å². The van der Waals surface area contributed by atoms with E-state index in [0.29, 0.717) is 0 Å². The summed E-state index contributed by atoms with van der Waals surface area (Å²) in [6, 6.07) is 16.4. The van der Waals surface area contributed by atoms with Crippen LogP contribution in [-0.4, -0.2) is 11.2 Å². The van der Waals surface area contributed by atoms with E-state index in [0.717, 1.165) is 16.8 Å². The lowest BCUT2D eigenvalue weighted by atomic mass is 10.2. The van der Waals surface area contributed by atoms with Gasteiger partial charge in [0.1, 0.15) is 0 Å². The van der Waals surface area contributed by atoms with Crippen LogP contribution < -0.4 is 0 Å². The topological polar surface area (TPSA) is 28.1 Å². The van der Waals surface area contributed by atoms with Gasteiger partial charge in [-0.15, -0.1) is 0 Å². The van der Waals surface area contributed by atoms with E-state index < -0.39 is 0 Å². The number of hydrogen-bond acceptors (Lipinski definition) is 1. The first-order chi connectivity index (χ1) is 8.83. The van der Waals surface area contributed by atoms with Gasteiger partial charge in [-0.3, -0.25) is 4.99 Å². The molecule has 1 heterocycles. The molecule has 2 aromatic carbocycles. The molecule has 0 atom stereocenters. The molecule has 3 rings (SSSR count). The third-order valence-corrected chi connectivity index (χ3v) is 2.98. The molecule has 3 aromatic rings. The number of aromatic amines is 1. The Morgan fingerprint density at radius 1 is 1.06 bits per heavy atom. The molecule has 0 amide bonds. The van der Waals surface area contributed by atoms with E-state index in [2.05, 4.69) is 41.2 Å². The van der Waals surface area contributed by atoms with Crippen molar-refractivity contribution in [1.82, 2.24) is 4.98 Å². The second-order valence-electron chi connectivity index (χ2n) is 4.39. The first-order valence-electron chi connectivity index (χ1n) is 6.00. The smallest absolute Gasteiger partial charge is 0.0632 e. The van der Waals surface area contributed by atoms with Gasteiger partial charge in [-0.2, -0.15) is 0 Å². The molecule has 0 saturated heterocycles. The molecule has 0 aliphatic rings. The highest BCUT2D eigenvalue weighted by atomic mass is 14.7. The van der Waals surface area contributed by atoms with Crippen LogP contribution in [0.2, 0.25) is 0 Å². The number of para-hydroxylation sites is 1. The zero-order valence-electron chi connectivity index (χ0n) is 10.2. The molecule has 0 unspecified atom stereocenters. The van der Waals surface area contributed by atoms with Gasteiger partial charge in [0.05, 0.1) is 5.69 Å².